The molecule has 2 nitrogen and oxygen atoms in total. The van der Waals surface area contributed by atoms with Crippen LogP contribution >= 0.6 is 0 Å². The molecule has 0 spiro atoms. The van der Waals surface area contributed by atoms with E-state index in [4.69, 9.17) is 5.73 Å². The second-order valence-electron chi connectivity index (χ2n) is 6.35. The topological polar surface area (TPSA) is 43.1 Å². The van der Waals surface area contributed by atoms with Crippen LogP contribution in [0.15, 0.2) is 12.1 Å². The summed E-state index contributed by atoms with van der Waals surface area (Å²) in [6, 6.07) is 3.96. The van der Waals surface area contributed by atoms with E-state index in [2.05, 4.69) is 33.8 Å². The van der Waals surface area contributed by atoms with E-state index in [-0.39, 0.29) is 17.2 Å². The lowest BCUT2D eigenvalue weighted by Gasteiger charge is -2.26. The number of nitrogens with two attached hydrogens (primary N) is 1. The standard InChI is InChI=1S/C16H25NO/c1-10-7-12(3)13(8-11(10)2)14(18)9-15(17)16(4,5)6/h7-8,15H,9,17H2,1-6H3. The smallest absolute Gasteiger partial charge is 0.164 e. The van der Waals surface area contributed by atoms with Crippen molar-refractivity contribution in [3.05, 3.63) is 34.4 Å². The monoisotopic (exact) mass is 247 g/mol. The normalized spacial score (nSPS) is 13.5. The number of hydrogen-bond acceptors (Lipinski definition) is 2. The van der Waals surface area contributed by atoms with Crippen LogP contribution in [0.1, 0.15) is 54.2 Å². The summed E-state index contributed by atoms with van der Waals surface area (Å²) in [5.74, 6) is 0.151. The van der Waals surface area contributed by atoms with E-state index in [1.807, 2.05) is 19.9 Å². The molecule has 0 aliphatic heterocycles. The van der Waals surface area contributed by atoms with Crippen molar-refractivity contribution in [1.82, 2.24) is 0 Å². The lowest BCUT2D eigenvalue weighted by atomic mass is 9.83. The van der Waals surface area contributed by atoms with Gasteiger partial charge >= 0.3 is 0 Å². The van der Waals surface area contributed by atoms with Crippen LogP contribution in [0.3, 0.4) is 0 Å². The van der Waals surface area contributed by atoms with E-state index in [1.165, 1.54) is 5.56 Å². The zero-order chi connectivity index (χ0) is 14.1. The predicted molar refractivity (Wildman–Crippen MR) is 77.0 cm³/mol. The highest BCUT2D eigenvalue weighted by Crippen LogP contribution is 2.23. The Balaban J connectivity index is 2.95. The molecule has 1 unspecified atom stereocenters. The van der Waals surface area contributed by atoms with E-state index in [0.717, 1.165) is 16.7 Å². The van der Waals surface area contributed by atoms with Crippen molar-refractivity contribution in [3.8, 4) is 0 Å². The van der Waals surface area contributed by atoms with Gasteiger partial charge in [-0.15, -0.1) is 0 Å². The maximum Gasteiger partial charge on any atom is 0.164 e. The minimum Gasteiger partial charge on any atom is -0.327 e. The van der Waals surface area contributed by atoms with Crippen molar-refractivity contribution in [2.45, 2.75) is 54.0 Å². The van der Waals surface area contributed by atoms with E-state index >= 15 is 0 Å². The Hall–Kier alpha value is -1.15. The third kappa shape index (κ3) is 3.42. The molecule has 0 fully saturated rings. The molecular formula is C16H25NO. The number of aryl methyl sites for hydroxylation is 3. The maximum atomic E-state index is 12.3. The number of carbonyl (C=O) groups excluding carboxylic acids is 1. The molecule has 18 heavy (non-hydrogen) atoms. The van der Waals surface area contributed by atoms with Crippen molar-refractivity contribution in [1.29, 1.82) is 0 Å². The molecule has 0 aliphatic carbocycles. The van der Waals surface area contributed by atoms with Crippen LogP contribution in [0.5, 0.6) is 0 Å². The van der Waals surface area contributed by atoms with Gasteiger partial charge in [0.1, 0.15) is 0 Å². The number of ketones is 1. The van der Waals surface area contributed by atoms with Crippen molar-refractivity contribution < 1.29 is 4.79 Å². The molecule has 0 saturated carbocycles. The second kappa shape index (κ2) is 5.23. The van der Waals surface area contributed by atoms with Crippen molar-refractivity contribution in [2.24, 2.45) is 11.1 Å². The molecular weight excluding hydrogens is 222 g/mol. The summed E-state index contributed by atoms with van der Waals surface area (Å²) < 4.78 is 0. The van der Waals surface area contributed by atoms with Gasteiger partial charge in [0.05, 0.1) is 0 Å². The second-order valence-corrected chi connectivity index (χ2v) is 6.35. The van der Waals surface area contributed by atoms with Crippen LogP contribution in [0.2, 0.25) is 0 Å². The molecule has 0 amide bonds. The number of rotatable bonds is 3. The number of benzene rings is 1. The van der Waals surface area contributed by atoms with Crippen molar-refractivity contribution >= 4 is 5.78 Å². The highest BCUT2D eigenvalue weighted by molar-refractivity contribution is 5.98. The van der Waals surface area contributed by atoms with Gasteiger partial charge in [-0.25, -0.2) is 0 Å². The van der Waals surface area contributed by atoms with Crippen molar-refractivity contribution in [2.75, 3.05) is 0 Å². The Kier molecular flexibility index (Phi) is 4.33. The fourth-order valence-corrected chi connectivity index (χ4v) is 1.88. The third-order valence-electron chi connectivity index (χ3n) is 3.66. The molecule has 100 valence electrons. The van der Waals surface area contributed by atoms with Gasteiger partial charge in [0.25, 0.3) is 0 Å². The lowest BCUT2D eigenvalue weighted by molar-refractivity contribution is 0.0952. The Morgan fingerprint density at radius 2 is 1.61 bits per heavy atom. The van der Waals surface area contributed by atoms with E-state index < -0.39 is 0 Å². The minimum absolute atomic E-state index is 0.0384. The average Bonchev–Trinajstić information content (AvgIpc) is 2.21. The molecule has 0 aromatic heterocycles. The van der Waals surface area contributed by atoms with Crippen LogP contribution in [-0.4, -0.2) is 11.8 Å². The molecule has 0 bridgehead atoms. The van der Waals surface area contributed by atoms with Gasteiger partial charge in [-0.3, -0.25) is 4.79 Å². The molecule has 1 aromatic carbocycles. The average molecular weight is 247 g/mol. The van der Waals surface area contributed by atoms with Gasteiger partial charge < -0.3 is 5.73 Å². The number of Topliss-reactive ketones (excluding diaryl/α,β-unsaturated/α-hetero) is 1. The zero-order valence-electron chi connectivity index (χ0n) is 12.4. The summed E-state index contributed by atoms with van der Waals surface area (Å²) in [6.45, 7) is 12.3. The molecule has 2 heteroatoms. The Labute approximate surface area is 111 Å². The van der Waals surface area contributed by atoms with Crippen LogP contribution in [0.25, 0.3) is 0 Å². The molecule has 1 rings (SSSR count). The van der Waals surface area contributed by atoms with Gasteiger partial charge in [0.2, 0.25) is 0 Å². The first-order valence-corrected chi connectivity index (χ1v) is 6.49. The Morgan fingerprint density at radius 1 is 1.11 bits per heavy atom. The Morgan fingerprint density at radius 3 is 2.11 bits per heavy atom. The fraction of sp³-hybridized carbons (Fsp3) is 0.562. The summed E-state index contributed by atoms with van der Waals surface area (Å²) in [5.41, 5.74) is 10.3. The molecule has 2 N–H and O–H groups in total. The molecule has 0 aliphatic rings. The minimum atomic E-state index is -0.106. The van der Waals surface area contributed by atoms with Crippen LogP contribution in [0.4, 0.5) is 0 Å². The SMILES string of the molecule is Cc1cc(C)c(C(=O)CC(N)C(C)(C)C)cc1C. The first-order valence-electron chi connectivity index (χ1n) is 6.49. The quantitative estimate of drug-likeness (QED) is 0.830. The van der Waals surface area contributed by atoms with E-state index in [0.29, 0.717) is 6.42 Å². The first kappa shape index (κ1) is 14.9. The highest BCUT2D eigenvalue weighted by Gasteiger charge is 2.24. The molecule has 0 heterocycles. The van der Waals surface area contributed by atoms with Crippen LogP contribution in [-0.2, 0) is 0 Å². The van der Waals surface area contributed by atoms with Crippen LogP contribution < -0.4 is 5.73 Å². The Bertz CT molecular complexity index is 455. The summed E-state index contributed by atoms with van der Waals surface area (Å²) in [6.07, 6.45) is 0.410. The van der Waals surface area contributed by atoms with Gasteiger partial charge in [0, 0.05) is 18.0 Å². The summed E-state index contributed by atoms with van der Waals surface area (Å²) in [5, 5.41) is 0. The third-order valence-corrected chi connectivity index (χ3v) is 3.66. The van der Waals surface area contributed by atoms with Crippen molar-refractivity contribution in [3.63, 3.8) is 0 Å². The van der Waals surface area contributed by atoms with Gasteiger partial charge in [-0.2, -0.15) is 0 Å². The molecule has 1 aromatic rings. The number of hydrogen-bond donors (Lipinski definition) is 1. The lowest BCUT2D eigenvalue weighted by Crippen LogP contribution is -2.37. The summed E-state index contributed by atoms with van der Waals surface area (Å²) >= 11 is 0. The largest absolute Gasteiger partial charge is 0.327 e. The fourth-order valence-electron chi connectivity index (χ4n) is 1.88. The van der Waals surface area contributed by atoms with Gasteiger partial charge in [-0.05, 0) is 48.9 Å². The number of carbonyl (C=O) groups is 1. The van der Waals surface area contributed by atoms with Crippen LogP contribution in [0, 0.1) is 26.2 Å². The summed E-state index contributed by atoms with van der Waals surface area (Å²) in [7, 11) is 0. The summed E-state index contributed by atoms with van der Waals surface area (Å²) in [4.78, 5) is 12.3. The molecule has 0 radical (unpaired) electrons. The molecule has 1 atom stereocenters. The molecule has 0 saturated heterocycles. The van der Waals surface area contributed by atoms with Gasteiger partial charge in [0.15, 0.2) is 5.78 Å². The van der Waals surface area contributed by atoms with E-state index in [1.54, 1.807) is 0 Å². The highest BCUT2D eigenvalue weighted by atomic mass is 16.1. The maximum absolute atomic E-state index is 12.3. The first-order chi connectivity index (χ1) is 8.12. The van der Waals surface area contributed by atoms with E-state index in [9.17, 15) is 4.79 Å². The zero-order valence-corrected chi connectivity index (χ0v) is 12.4. The predicted octanol–water partition coefficient (Wildman–Crippen LogP) is 3.56. The van der Waals surface area contributed by atoms with Gasteiger partial charge in [-0.1, -0.05) is 26.8 Å².